The van der Waals surface area contributed by atoms with Gasteiger partial charge in [0.05, 0.1) is 11.9 Å². The molecule has 92 valence electrons. The number of rotatable bonds is 2. The average Bonchev–Trinajstić information content (AvgIpc) is 2.58. The number of carboxylic acids is 1. The molecule has 1 fully saturated rings. The molecular formula is C12H17N3O2. The summed E-state index contributed by atoms with van der Waals surface area (Å²) in [6.45, 7) is 5.04. The van der Waals surface area contributed by atoms with E-state index < -0.39 is 5.97 Å². The minimum atomic E-state index is -0.984. The Morgan fingerprint density at radius 1 is 1.59 bits per heavy atom. The number of anilines is 2. The SMILES string of the molecule is CC1(C)CCCN1c1ncc(N)cc1C(=O)O. The molecule has 1 saturated heterocycles. The lowest BCUT2D eigenvalue weighted by Crippen LogP contribution is -2.39. The van der Waals surface area contributed by atoms with Crippen LogP contribution in [0.3, 0.4) is 0 Å². The van der Waals surface area contributed by atoms with Crippen LogP contribution in [-0.2, 0) is 0 Å². The number of hydrogen-bond acceptors (Lipinski definition) is 4. The summed E-state index contributed by atoms with van der Waals surface area (Å²) in [5, 5.41) is 9.20. The van der Waals surface area contributed by atoms with E-state index in [0.29, 0.717) is 11.5 Å². The van der Waals surface area contributed by atoms with E-state index >= 15 is 0 Å². The molecule has 1 aromatic heterocycles. The van der Waals surface area contributed by atoms with Crippen LogP contribution < -0.4 is 10.6 Å². The summed E-state index contributed by atoms with van der Waals surface area (Å²) in [6, 6.07) is 1.47. The van der Waals surface area contributed by atoms with Gasteiger partial charge < -0.3 is 15.7 Å². The first-order valence-corrected chi connectivity index (χ1v) is 5.68. The molecule has 1 aromatic rings. The fourth-order valence-corrected chi connectivity index (χ4v) is 2.35. The normalized spacial score (nSPS) is 18.4. The van der Waals surface area contributed by atoms with E-state index in [1.54, 1.807) is 0 Å². The number of nitrogens with two attached hydrogens (primary N) is 1. The lowest BCUT2D eigenvalue weighted by Gasteiger charge is -2.33. The van der Waals surface area contributed by atoms with Gasteiger partial charge in [-0.3, -0.25) is 0 Å². The van der Waals surface area contributed by atoms with Crippen molar-refractivity contribution in [3.8, 4) is 0 Å². The highest BCUT2D eigenvalue weighted by Crippen LogP contribution is 2.34. The van der Waals surface area contributed by atoms with Gasteiger partial charge in [-0.1, -0.05) is 0 Å². The summed E-state index contributed by atoms with van der Waals surface area (Å²) >= 11 is 0. The minimum Gasteiger partial charge on any atom is -0.478 e. The Hall–Kier alpha value is -1.78. The standard InChI is InChI=1S/C12H17N3O2/c1-12(2)4-3-5-15(12)10-9(11(16)17)6-8(13)7-14-10/h6-7H,3-5,13H2,1-2H3,(H,16,17). The molecule has 5 heteroatoms. The van der Waals surface area contributed by atoms with Gasteiger partial charge in [0.1, 0.15) is 11.4 Å². The Morgan fingerprint density at radius 2 is 2.29 bits per heavy atom. The Balaban J connectivity index is 2.48. The summed E-state index contributed by atoms with van der Waals surface area (Å²) in [4.78, 5) is 17.5. The van der Waals surface area contributed by atoms with Crippen LogP contribution in [0.2, 0.25) is 0 Å². The van der Waals surface area contributed by atoms with Crippen molar-refractivity contribution in [1.82, 2.24) is 4.98 Å². The van der Waals surface area contributed by atoms with Crippen LogP contribution in [-0.4, -0.2) is 28.1 Å². The topological polar surface area (TPSA) is 79.5 Å². The van der Waals surface area contributed by atoms with Gasteiger partial charge in [0.2, 0.25) is 0 Å². The number of hydrogen-bond donors (Lipinski definition) is 2. The molecule has 1 aliphatic heterocycles. The van der Waals surface area contributed by atoms with Gasteiger partial charge in [0.15, 0.2) is 0 Å². The molecule has 0 unspecified atom stereocenters. The summed E-state index contributed by atoms with van der Waals surface area (Å²) in [6.07, 6.45) is 3.60. The van der Waals surface area contributed by atoms with E-state index in [-0.39, 0.29) is 11.1 Å². The van der Waals surface area contributed by atoms with Gasteiger partial charge in [-0.25, -0.2) is 9.78 Å². The van der Waals surface area contributed by atoms with Crippen LogP contribution in [0, 0.1) is 0 Å². The smallest absolute Gasteiger partial charge is 0.339 e. The maximum Gasteiger partial charge on any atom is 0.339 e. The Bertz CT molecular complexity index is 457. The molecule has 0 aromatic carbocycles. The molecule has 17 heavy (non-hydrogen) atoms. The third kappa shape index (κ3) is 2.05. The van der Waals surface area contributed by atoms with Crippen LogP contribution >= 0.6 is 0 Å². The fourth-order valence-electron chi connectivity index (χ4n) is 2.35. The second-order valence-corrected chi connectivity index (χ2v) is 5.01. The Kier molecular flexibility index (Phi) is 2.69. The van der Waals surface area contributed by atoms with E-state index in [1.807, 2.05) is 0 Å². The van der Waals surface area contributed by atoms with Crippen molar-refractivity contribution in [2.45, 2.75) is 32.2 Å². The zero-order chi connectivity index (χ0) is 12.6. The molecule has 0 aliphatic carbocycles. The molecule has 2 rings (SSSR count). The highest BCUT2D eigenvalue weighted by molar-refractivity contribution is 5.94. The number of pyridine rings is 1. The van der Waals surface area contributed by atoms with Crippen molar-refractivity contribution in [1.29, 1.82) is 0 Å². The number of aromatic carboxylic acids is 1. The lowest BCUT2D eigenvalue weighted by molar-refractivity contribution is 0.0697. The lowest BCUT2D eigenvalue weighted by atomic mass is 10.0. The predicted octanol–water partition coefficient (Wildman–Crippen LogP) is 1.74. The van der Waals surface area contributed by atoms with Gasteiger partial charge in [0.25, 0.3) is 0 Å². The summed E-state index contributed by atoms with van der Waals surface area (Å²) in [7, 11) is 0. The maximum absolute atomic E-state index is 11.2. The molecule has 3 N–H and O–H groups in total. The van der Waals surface area contributed by atoms with Gasteiger partial charge in [-0.15, -0.1) is 0 Å². The van der Waals surface area contributed by atoms with Gasteiger partial charge in [-0.2, -0.15) is 0 Å². The maximum atomic E-state index is 11.2. The molecule has 5 nitrogen and oxygen atoms in total. The summed E-state index contributed by atoms with van der Waals surface area (Å²) in [5.74, 6) is -0.461. The predicted molar refractivity (Wildman–Crippen MR) is 66.3 cm³/mol. The number of nitrogen functional groups attached to an aromatic ring is 1. The number of carbonyl (C=O) groups is 1. The van der Waals surface area contributed by atoms with E-state index in [0.717, 1.165) is 19.4 Å². The van der Waals surface area contributed by atoms with Gasteiger partial charge in [0, 0.05) is 12.1 Å². The molecule has 0 atom stereocenters. The third-order valence-electron chi connectivity index (χ3n) is 3.27. The van der Waals surface area contributed by atoms with Crippen LogP contribution in [0.4, 0.5) is 11.5 Å². The quantitative estimate of drug-likeness (QED) is 0.816. The molecule has 0 saturated carbocycles. The highest BCUT2D eigenvalue weighted by Gasteiger charge is 2.34. The average molecular weight is 235 g/mol. The van der Waals surface area contributed by atoms with E-state index in [1.165, 1.54) is 12.3 Å². The van der Waals surface area contributed by atoms with Crippen LogP contribution in [0.5, 0.6) is 0 Å². The second kappa shape index (κ2) is 3.91. The molecule has 1 aliphatic rings. The van der Waals surface area contributed by atoms with E-state index in [9.17, 15) is 9.90 Å². The Morgan fingerprint density at radius 3 is 2.82 bits per heavy atom. The van der Waals surface area contributed by atoms with Crippen molar-refractivity contribution in [3.63, 3.8) is 0 Å². The van der Waals surface area contributed by atoms with Crippen LogP contribution in [0.15, 0.2) is 12.3 Å². The van der Waals surface area contributed by atoms with Crippen molar-refractivity contribution >= 4 is 17.5 Å². The first-order valence-electron chi connectivity index (χ1n) is 5.68. The number of nitrogens with zero attached hydrogens (tertiary/aromatic N) is 2. The highest BCUT2D eigenvalue weighted by atomic mass is 16.4. The summed E-state index contributed by atoms with van der Waals surface area (Å²) < 4.78 is 0. The van der Waals surface area contributed by atoms with Crippen LogP contribution in [0.1, 0.15) is 37.0 Å². The molecule has 0 spiro atoms. The molecule has 0 bridgehead atoms. The summed E-state index contributed by atoms with van der Waals surface area (Å²) in [5.41, 5.74) is 6.10. The first kappa shape index (κ1) is 11.7. The van der Waals surface area contributed by atoms with Crippen molar-refractivity contribution in [3.05, 3.63) is 17.8 Å². The minimum absolute atomic E-state index is 0.0483. The van der Waals surface area contributed by atoms with Gasteiger partial charge >= 0.3 is 5.97 Å². The fraction of sp³-hybridized carbons (Fsp3) is 0.500. The number of aromatic nitrogens is 1. The molecule has 0 amide bonds. The molecular weight excluding hydrogens is 218 g/mol. The third-order valence-corrected chi connectivity index (χ3v) is 3.27. The van der Waals surface area contributed by atoms with E-state index in [2.05, 4.69) is 23.7 Å². The van der Waals surface area contributed by atoms with Crippen molar-refractivity contribution in [2.75, 3.05) is 17.2 Å². The molecule has 2 heterocycles. The zero-order valence-corrected chi connectivity index (χ0v) is 10.1. The first-order chi connectivity index (χ1) is 7.92. The second-order valence-electron chi connectivity index (χ2n) is 5.01. The number of carboxylic acid groups (broad SMARTS) is 1. The molecule has 0 radical (unpaired) electrons. The monoisotopic (exact) mass is 235 g/mol. The largest absolute Gasteiger partial charge is 0.478 e. The Labute approximate surface area is 100 Å². The zero-order valence-electron chi connectivity index (χ0n) is 10.1. The van der Waals surface area contributed by atoms with Crippen LogP contribution in [0.25, 0.3) is 0 Å². The van der Waals surface area contributed by atoms with E-state index in [4.69, 9.17) is 5.73 Å². The van der Waals surface area contributed by atoms with Crippen molar-refractivity contribution in [2.24, 2.45) is 0 Å². The van der Waals surface area contributed by atoms with Crippen molar-refractivity contribution < 1.29 is 9.90 Å². The van der Waals surface area contributed by atoms with Gasteiger partial charge in [-0.05, 0) is 32.8 Å².